The number of carbonyl (C=O) groups is 3. The Labute approximate surface area is 336 Å². The van der Waals surface area contributed by atoms with E-state index in [1.165, 1.54) is 11.4 Å². The summed E-state index contributed by atoms with van der Waals surface area (Å²) in [4.78, 5) is 41.9. The van der Waals surface area contributed by atoms with Crippen molar-refractivity contribution in [3.8, 4) is 0 Å². The lowest BCUT2D eigenvalue weighted by molar-refractivity contribution is -0.135. The van der Waals surface area contributed by atoms with Crippen LogP contribution < -0.4 is 20.3 Å². The average Bonchev–Trinajstić information content (AvgIpc) is 3.62. The van der Waals surface area contributed by atoms with E-state index >= 15 is 0 Å². The van der Waals surface area contributed by atoms with E-state index in [1.807, 2.05) is 43.3 Å². The van der Waals surface area contributed by atoms with E-state index < -0.39 is 41.9 Å². The van der Waals surface area contributed by atoms with E-state index in [0.29, 0.717) is 49.0 Å². The summed E-state index contributed by atoms with van der Waals surface area (Å²) in [5, 5.41) is 9.36. The van der Waals surface area contributed by atoms with Crippen molar-refractivity contribution < 1.29 is 27.2 Å². The second-order valence-corrected chi connectivity index (χ2v) is 24.2. The fourth-order valence-corrected chi connectivity index (χ4v) is 9.56. The zero-order chi connectivity index (χ0) is 41.3. The molecule has 1 aliphatic carbocycles. The van der Waals surface area contributed by atoms with Crippen LogP contribution in [0.25, 0.3) is 0 Å². The molecular formula is C44H64N4O6SSi. The van der Waals surface area contributed by atoms with Gasteiger partial charge in [0.1, 0.15) is 5.54 Å². The van der Waals surface area contributed by atoms with E-state index in [-0.39, 0.29) is 34.4 Å². The molecule has 3 atom stereocenters. The van der Waals surface area contributed by atoms with Crippen LogP contribution in [0.2, 0.25) is 18.1 Å². The number of hydrogen-bond donors (Lipinski definition) is 3. The maximum atomic E-state index is 14.1. The molecule has 3 amide bonds. The molecule has 0 heterocycles. The van der Waals surface area contributed by atoms with Gasteiger partial charge in [0, 0.05) is 25.1 Å². The molecule has 0 saturated heterocycles. The minimum Gasteiger partial charge on any atom is -0.412 e. The molecule has 0 radical (unpaired) electrons. The van der Waals surface area contributed by atoms with E-state index in [9.17, 15) is 22.8 Å². The van der Waals surface area contributed by atoms with Gasteiger partial charge in [-0.25, -0.2) is 8.42 Å². The van der Waals surface area contributed by atoms with Crippen LogP contribution in [0.1, 0.15) is 102 Å². The Morgan fingerprint density at radius 3 is 2.02 bits per heavy atom. The van der Waals surface area contributed by atoms with E-state index in [0.717, 1.165) is 18.4 Å². The molecule has 0 aliphatic heterocycles. The predicted molar refractivity (Wildman–Crippen MR) is 228 cm³/mol. The van der Waals surface area contributed by atoms with Gasteiger partial charge in [-0.15, -0.1) is 0 Å². The van der Waals surface area contributed by atoms with Gasteiger partial charge in [0.25, 0.3) is 5.91 Å². The van der Waals surface area contributed by atoms with Crippen molar-refractivity contribution in [2.24, 2.45) is 11.8 Å². The van der Waals surface area contributed by atoms with Crippen molar-refractivity contribution in [1.29, 1.82) is 0 Å². The molecule has 1 aliphatic rings. The summed E-state index contributed by atoms with van der Waals surface area (Å²) >= 11 is 0. The van der Waals surface area contributed by atoms with Gasteiger partial charge >= 0.3 is 0 Å². The summed E-state index contributed by atoms with van der Waals surface area (Å²) < 4.78 is 35.0. The van der Waals surface area contributed by atoms with E-state index in [1.54, 1.807) is 48.5 Å². The van der Waals surface area contributed by atoms with Crippen molar-refractivity contribution in [3.63, 3.8) is 0 Å². The number of rotatable bonds is 18. The first kappa shape index (κ1) is 44.7. The number of amides is 3. The van der Waals surface area contributed by atoms with Gasteiger partial charge in [-0.05, 0) is 79.1 Å². The molecule has 0 unspecified atom stereocenters. The maximum absolute atomic E-state index is 14.1. The van der Waals surface area contributed by atoms with Crippen LogP contribution in [0.3, 0.4) is 0 Å². The van der Waals surface area contributed by atoms with Crippen LogP contribution >= 0.6 is 0 Å². The van der Waals surface area contributed by atoms with Gasteiger partial charge in [0.05, 0.1) is 23.6 Å². The average molecular weight is 805 g/mol. The van der Waals surface area contributed by atoms with Crippen LogP contribution in [0.15, 0.2) is 84.9 Å². The Kier molecular flexibility index (Phi) is 15.1. The molecule has 1 fully saturated rings. The van der Waals surface area contributed by atoms with Crippen molar-refractivity contribution in [2.75, 3.05) is 11.4 Å². The minimum atomic E-state index is -3.73. The first-order chi connectivity index (χ1) is 26.2. The van der Waals surface area contributed by atoms with Crippen LogP contribution in [-0.2, 0) is 36.3 Å². The third-order valence-corrected chi connectivity index (χ3v) is 17.7. The van der Waals surface area contributed by atoms with Crippen molar-refractivity contribution in [1.82, 2.24) is 16.0 Å². The number of carbonyl (C=O) groups excluding carboxylic acids is 3. The summed E-state index contributed by atoms with van der Waals surface area (Å²) in [5.74, 6) is -1.25. The third-order valence-electron chi connectivity index (χ3n) is 11.4. The summed E-state index contributed by atoms with van der Waals surface area (Å²) in [6.45, 7) is 17.2. The number of anilines is 1. The Morgan fingerprint density at radius 1 is 0.857 bits per heavy atom. The fraction of sp³-hybridized carbons (Fsp3) is 0.523. The lowest BCUT2D eigenvalue weighted by Crippen LogP contribution is -2.58. The lowest BCUT2D eigenvalue weighted by Gasteiger charge is -2.42. The number of nitrogens with one attached hydrogen (secondary N) is 3. The van der Waals surface area contributed by atoms with Gasteiger partial charge in [0.15, 0.2) is 8.32 Å². The van der Waals surface area contributed by atoms with Gasteiger partial charge < -0.3 is 20.4 Å². The van der Waals surface area contributed by atoms with Crippen molar-refractivity contribution in [2.45, 2.75) is 128 Å². The van der Waals surface area contributed by atoms with E-state index in [2.05, 4.69) is 63.7 Å². The molecule has 0 aromatic heterocycles. The molecule has 56 heavy (non-hydrogen) atoms. The normalized spacial score (nSPS) is 16.1. The summed E-state index contributed by atoms with van der Waals surface area (Å²) in [6.07, 6.45) is 3.26. The van der Waals surface area contributed by atoms with Gasteiger partial charge in [-0.3, -0.25) is 18.7 Å². The van der Waals surface area contributed by atoms with Gasteiger partial charge in [-0.1, -0.05) is 121 Å². The minimum absolute atomic E-state index is 0.141. The molecule has 12 heteroatoms. The molecule has 1 saturated carbocycles. The largest absolute Gasteiger partial charge is 0.412 e. The molecular weight excluding hydrogens is 741 g/mol. The van der Waals surface area contributed by atoms with Crippen LogP contribution in [0, 0.1) is 11.8 Å². The molecule has 10 nitrogen and oxygen atoms in total. The van der Waals surface area contributed by atoms with Crippen molar-refractivity contribution in [3.05, 3.63) is 102 Å². The fourth-order valence-electron chi connectivity index (χ4n) is 6.95. The smallest absolute Gasteiger partial charge is 0.251 e. The second-order valence-electron chi connectivity index (χ2n) is 17.5. The van der Waals surface area contributed by atoms with Crippen LogP contribution in [0.5, 0.6) is 0 Å². The number of benzene rings is 3. The molecule has 3 aromatic carbocycles. The highest BCUT2D eigenvalue weighted by atomic mass is 32.2. The predicted octanol–water partition coefficient (Wildman–Crippen LogP) is 7.96. The summed E-state index contributed by atoms with van der Waals surface area (Å²) in [6, 6.07) is 24.9. The number of hydrogen-bond acceptors (Lipinski definition) is 6. The third kappa shape index (κ3) is 12.0. The maximum Gasteiger partial charge on any atom is 0.251 e. The lowest BCUT2D eigenvalue weighted by atomic mass is 9.90. The van der Waals surface area contributed by atoms with Crippen LogP contribution in [0.4, 0.5) is 5.69 Å². The van der Waals surface area contributed by atoms with Crippen LogP contribution in [-0.4, -0.2) is 59.2 Å². The Bertz CT molecular complexity index is 1880. The first-order valence-electron chi connectivity index (χ1n) is 20.0. The quantitative estimate of drug-likeness (QED) is 0.112. The Morgan fingerprint density at radius 2 is 1.45 bits per heavy atom. The molecule has 4 rings (SSSR count). The number of nitrogens with zero attached hydrogens (tertiary/aromatic N) is 1. The van der Waals surface area contributed by atoms with Gasteiger partial charge in [-0.2, -0.15) is 0 Å². The summed E-state index contributed by atoms with van der Waals surface area (Å²) in [7, 11) is -4.66. The zero-order valence-electron chi connectivity index (χ0n) is 34.9. The second kappa shape index (κ2) is 19.0. The van der Waals surface area contributed by atoms with Gasteiger partial charge in [0.2, 0.25) is 21.8 Å². The Hall–Kier alpha value is -4.00. The molecule has 306 valence electrons. The zero-order valence-corrected chi connectivity index (χ0v) is 36.7. The highest BCUT2D eigenvalue weighted by Gasteiger charge is 2.45. The monoisotopic (exact) mass is 804 g/mol. The topological polar surface area (TPSA) is 134 Å². The molecule has 0 bridgehead atoms. The molecule has 0 spiro atoms. The SMILES string of the molecule is CC(C)C[C@H](NC(=O)c1cccc(N(C)S(=O)(=O)Cc2ccccc2)c1)[C@H](C[C@@H](C)C(=O)NC1(C(=O)NCc2ccccc2)CCCC1)O[Si](C)(C)C(C)(C)C. The highest BCUT2D eigenvalue weighted by Crippen LogP contribution is 2.39. The highest BCUT2D eigenvalue weighted by molar-refractivity contribution is 7.92. The Balaban J connectivity index is 1.56. The molecule has 3 N–H and O–H groups in total. The number of sulfonamides is 1. The first-order valence-corrected chi connectivity index (χ1v) is 24.5. The van der Waals surface area contributed by atoms with Crippen molar-refractivity contribution >= 4 is 41.7 Å². The summed E-state index contributed by atoms with van der Waals surface area (Å²) in [5.41, 5.74) is 1.38. The standard InChI is InChI=1S/C44H64N4O6SSi/c1-32(2)27-38(46-41(50)36-23-18-24-37(29-36)48(7)55(52,53)31-35-21-14-11-15-22-35)39(54-56(8,9)43(4,5)6)28-33(3)40(49)47-44(25-16-17-26-44)42(51)45-30-34-19-12-10-13-20-34/h10-15,18-24,29,32-33,38-39H,16-17,25-28,30-31H2,1-9H3,(H,45,51)(H,46,50)(H,47,49)/t33-,38+,39+/m1/s1. The van der Waals surface area contributed by atoms with E-state index in [4.69, 9.17) is 4.43 Å². The molecule has 3 aromatic rings.